The van der Waals surface area contributed by atoms with Crippen molar-refractivity contribution < 1.29 is 10.2 Å². The molecule has 0 bridgehead atoms. The van der Waals surface area contributed by atoms with Crippen molar-refractivity contribution in [2.75, 3.05) is 0 Å². The lowest BCUT2D eigenvalue weighted by atomic mass is 9.84. The van der Waals surface area contributed by atoms with Gasteiger partial charge in [-0.05, 0) is 17.5 Å². The Labute approximate surface area is 94.4 Å². The number of rotatable bonds is 0. The third-order valence-corrected chi connectivity index (χ3v) is 2.58. The molecule has 84 valence electrons. The number of benzene rings is 1. The molecule has 16 heavy (non-hydrogen) atoms. The second-order valence-electron chi connectivity index (χ2n) is 4.97. The quantitative estimate of drug-likeness (QED) is 0.713. The monoisotopic (exact) mass is 217 g/mol. The highest BCUT2D eigenvalue weighted by atomic mass is 16.3. The smallest absolute Gasteiger partial charge is 0.138 e. The van der Waals surface area contributed by atoms with Crippen LogP contribution in [0.25, 0.3) is 10.9 Å². The topological polar surface area (TPSA) is 53.4 Å². The van der Waals surface area contributed by atoms with Crippen molar-refractivity contribution >= 4 is 10.9 Å². The summed E-state index contributed by atoms with van der Waals surface area (Å²) in [4.78, 5) is 4.11. The lowest BCUT2D eigenvalue weighted by Crippen LogP contribution is -2.12. The summed E-state index contributed by atoms with van der Waals surface area (Å²) < 4.78 is 0. The summed E-state index contributed by atoms with van der Waals surface area (Å²) in [5, 5.41) is 20.2. The molecule has 1 aromatic carbocycles. The highest BCUT2D eigenvalue weighted by Gasteiger charge is 2.21. The molecule has 2 aromatic rings. The van der Waals surface area contributed by atoms with E-state index in [2.05, 4.69) is 4.98 Å². The molecule has 0 aliphatic heterocycles. The van der Waals surface area contributed by atoms with Crippen molar-refractivity contribution in [1.82, 2.24) is 4.98 Å². The summed E-state index contributed by atoms with van der Waals surface area (Å²) in [6.45, 7) is 6.11. The number of hydrogen-bond acceptors (Lipinski definition) is 3. The lowest BCUT2D eigenvalue weighted by molar-refractivity contribution is 0.446. The lowest BCUT2D eigenvalue weighted by Gasteiger charge is -2.22. The van der Waals surface area contributed by atoms with Crippen molar-refractivity contribution in [1.29, 1.82) is 0 Å². The van der Waals surface area contributed by atoms with E-state index in [0.717, 1.165) is 10.9 Å². The van der Waals surface area contributed by atoms with E-state index in [1.807, 2.05) is 20.8 Å². The summed E-state index contributed by atoms with van der Waals surface area (Å²) >= 11 is 0. The molecule has 0 fully saturated rings. The number of fused-ring (bicyclic) bond motifs is 1. The first-order chi connectivity index (χ1) is 7.39. The second kappa shape index (κ2) is 3.37. The Balaban J connectivity index is 2.85. The normalized spacial score (nSPS) is 11.9. The molecule has 0 aliphatic carbocycles. The molecule has 1 aromatic heterocycles. The minimum atomic E-state index is -0.164. The largest absolute Gasteiger partial charge is 0.508 e. The fourth-order valence-corrected chi connectivity index (χ4v) is 1.96. The van der Waals surface area contributed by atoms with E-state index in [-0.39, 0.29) is 16.9 Å². The maximum Gasteiger partial charge on any atom is 0.138 e. The van der Waals surface area contributed by atoms with Crippen molar-refractivity contribution in [3.05, 3.63) is 30.0 Å². The molecule has 3 heteroatoms. The highest BCUT2D eigenvalue weighted by molar-refractivity contribution is 5.86. The first-order valence-corrected chi connectivity index (χ1v) is 5.21. The zero-order chi connectivity index (χ0) is 11.9. The minimum Gasteiger partial charge on any atom is -0.508 e. The van der Waals surface area contributed by atoms with E-state index in [1.54, 1.807) is 18.2 Å². The molecule has 0 saturated carbocycles. The predicted molar refractivity (Wildman–Crippen MR) is 63.8 cm³/mol. The number of hydrogen-bond donors (Lipinski definition) is 2. The van der Waals surface area contributed by atoms with Gasteiger partial charge in [0.05, 0.1) is 11.7 Å². The van der Waals surface area contributed by atoms with Crippen LogP contribution in [0.15, 0.2) is 24.4 Å². The Hall–Kier alpha value is -1.77. The van der Waals surface area contributed by atoms with Crippen LogP contribution in [0.3, 0.4) is 0 Å². The van der Waals surface area contributed by atoms with Gasteiger partial charge < -0.3 is 10.2 Å². The van der Waals surface area contributed by atoms with Gasteiger partial charge in [0.2, 0.25) is 0 Å². The molecule has 1 heterocycles. The van der Waals surface area contributed by atoms with E-state index >= 15 is 0 Å². The molecule has 2 N–H and O–H groups in total. The van der Waals surface area contributed by atoms with Crippen molar-refractivity contribution in [3.8, 4) is 11.5 Å². The van der Waals surface area contributed by atoms with E-state index in [4.69, 9.17) is 0 Å². The maximum atomic E-state index is 9.89. The van der Waals surface area contributed by atoms with Crippen molar-refractivity contribution in [2.24, 2.45) is 0 Å². The molecule has 0 amide bonds. The first kappa shape index (κ1) is 10.7. The van der Waals surface area contributed by atoms with Crippen LogP contribution in [-0.4, -0.2) is 15.2 Å². The van der Waals surface area contributed by atoms with Gasteiger partial charge in [0.25, 0.3) is 0 Å². The van der Waals surface area contributed by atoms with Gasteiger partial charge in [0.1, 0.15) is 11.5 Å². The van der Waals surface area contributed by atoms with Crippen molar-refractivity contribution in [3.63, 3.8) is 0 Å². The molecule has 0 unspecified atom stereocenters. The molecule has 0 aliphatic rings. The molecule has 0 atom stereocenters. The van der Waals surface area contributed by atoms with Crippen LogP contribution >= 0.6 is 0 Å². The Morgan fingerprint density at radius 2 is 1.81 bits per heavy atom. The van der Waals surface area contributed by atoms with Crippen LogP contribution in [0.1, 0.15) is 26.3 Å². The third kappa shape index (κ3) is 1.69. The van der Waals surface area contributed by atoms with Crippen LogP contribution in [0.2, 0.25) is 0 Å². The van der Waals surface area contributed by atoms with Gasteiger partial charge in [-0.25, -0.2) is 0 Å². The SMILES string of the molecule is CC(C)(C)c1c(O)cnc2cc(O)ccc12. The van der Waals surface area contributed by atoms with Crippen LogP contribution in [0, 0.1) is 0 Å². The highest BCUT2D eigenvalue weighted by Crippen LogP contribution is 2.36. The molecule has 0 spiro atoms. The van der Waals surface area contributed by atoms with Gasteiger partial charge >= 0.3 is 0 Å². The number of pyridine rings is 1. The Morgan fingerprint density at radius 1 is 1.12 bits per heavy atom. The molecular formula is C13H15NO2. The predicted octanol–water partition coefficient (Wildman–Crippen LogP) is 2.94. The Morgan fingerprint density at radius 3 is 2.44 bits per heavy atom. The summed E-state index contributed by atoms with van der Waals surface area (Å²) in [6.07, 6.45) is 1.43. The fraction of sp³-hybridized carbons (Fsp3) is 0.308. The molecule has 0 radical (unpaired) electrons. The number of aromatic nitrogens is 1. The molecule has 0 saturated heterocycles. The minimum absolute atomic E-state index is 0.164. The van der Waals surface area contributed by atoms with Gasteiger partial charge in [-0.3, -0.25) is 4.98 Å². The first-order valence-electron chi connectivity index (χ1n) is 5.21. The van der Waals surface area contributed by atoms with Crippen LogP contribution in [-0.2, 0) is 5.41 Å². The third-order valence-electron chi connectivity index (χ3n) is 2.58. The van der Waals surface area contributed by atoms with E-state index in [0.29, 0.717) is 5.52 Å². The number of nitrogens with zero attached hydrogens (tertiary/aromatic N) is 1. The second-order valence-corrected chi connectivity index (χ2v) is 4.97. The van der Waals surface area contributed by atoms with Gasteiger partial charge in [0, 0.05) is 17.0 Å². The summed E-state index contributed by atoms with van der Waals surface area (Å²) in [5.41, 5.74) is 1.39. The molecule has 2 rings (SSSR count). The van der Waals surface area contributed by atoms with E-state index in [9.17, 15) is 10.2 Å². The van der Waals surface area contributed by atoms with E-state index in [1.165, 1.54) is 6.20 Å². The molecule has 3 nitrogen and oxygen atoms in total. The summed E-state index contributed by atoms with van der Waals surface area (Å²) in [6, 6.07) is 5.00. The number of aromatic hydroxyl groups is 2. The van der Waals surface area contributed by atoms with Gasteiger partial charge in [-0.1, -0.05) is 20.8 Å². The standard InChI is InChI=1S/C13H15NO2/c1-13(2,3)12-9-5-4-8(15)6-10(9)14-7-11(12)16/h4-7,15-16H,1-3H3. The van der Waals surface area contributed by atoms with Gasteiger partial charge in [0.15, 0.2) is 0 Å². The maximum absolute atomic E-state index is 9.89. The Kier molecular flexibility index (Phi) is 2.26. The van der Waals surface area contributed by atoms with Gasteiger partial charge in [-0.2, -0.15) is 0 Å². The number of phenolic OH excluding ortho intramolecular Hbond substituents is 1. The Bertz CT molecular complexity index is 541. The summed E-state index contributed by atoms with van der Waals surface area (Å²) in [7, 11) is 0. The van der Waals surface area contributed by atoms with Crippen LogP contribution in [0.5, 0.6) is 11.5 Å². The fourth-order valence-electron chi connectivity index (χ4n) is 1.96. The van der Waals surface area contributed by atoms with Crippen LogP contribution < -0.4 is 0 Å². The van der Waals surface area contributed by atoms with Crippen molar-refractivity contribution in [2.45, 2.75) is 26.2 Å². The zero-order valence-corrected chi connectivity index (χ0v) is 9.65. The average Bonchev–Trinajstić information content (AvgIpc) is 2.16. The molecular weight excluding hydrogens is 202 g/mol. The van der Waals surface area contributed by atoms with Crippen LogP contribution in [0.4, 0.5) is 0 Å². The average molecular weight is 217 g/mol. The summed E-state index contributed by atoms with van der Waals surface area (Å²) in [5.74, 6) is 0.385. The zero-order valence-electron chi connectivity index (χ0n) is 9.65. The van der Waals surface area contributed by atoms with Gasteiger partial charge in [-0.15, -0.1) is 0 Å². The number of phenols is 1. The van der Waals surface area contributed by atoms with E-state index < -0.39 is 0 Å².